The molecular weight excluding hydrogens is 408 g/mol. The number of rotatable bonds is 8. The van der Waals surface area contributed by atoms with E-state index in [9.17, 15) is 15.5 Å². The second-order valence-corrected chi connectivity index (χ2v) is 11.2. The Morgan fingerprint density at radius 1 is 1.33 bits per heavy atom. The fourth-order valence-corrected chi connectivity index (χ4v) is 5.86. The van der Waals surface area contributed by atoms with Gasteiger partial charge in [0.25, 0.3) is 0 Å². The second-order valence-electron chi connectivity index (χ2n) is 11.2. The van der Waals surface area contributed by atoms with Crippen LogP contribution in [0.2, 0.25) is 0 Å². The Labute approximate surface area is 200 Å². The van der Waals surface area contributed by atoms with Gasteiger partial charge in [-0.25, -0.2) is 0 Å². The first-order chi connectivity index (χ1) is 15.5. The summed E-state index contributed by atoms with van der Waals surface area (Å²) in [6, 6.07) is 8.80. The molecule has 2 aliphatic rings. The predicted molar refractivity (Wildman–Crippen MR) is 136 cm³/mol. The third-order valence-electron chi connectivity index (χ3n) is 7.93. The average Bonchev–Trinajstić information content (AvgIpc) is 3.62. The van der Waals surface area contributed by atoms with E-state index in [1.807, 2.05) is 37.9 Å². The summed E-state index contributed by atoms with van der Waals surface area (Å²) >= 11 is 0. The summed E-state index contributed by atoms with van der Waals surface area (Å²) in [7, 11) is 1.88. The highest BCUT2D eigenvalue weighted by Gasteiger charge is 2.46. The number of hydrogen-bond acceptors (Lipinski definition) is 4. The molecule has 0 bridgehead atoms. The van der Waals surface area contributed by atoms with Crippen LogP contribution in [0.25, 0.3) is 0 Å². The Morgan fingerprint density at radius 3 is 2.52 bits per heavy atom. The van der Waals surface area contributed by atoms with Gasteiger partial charge in [-0.3, -0.25) is 4.79 Å². The van der Waals surface area contributed by atoms with Crippen LogP contribution in [0, 0.1) is 33.5 Å². The lowest BCUT2D eigenvalue weighted by molar-refractivity contribution is -0.143. The van der Waals surface area contributed by atoms with Gasteiger partial charge in [-0.2, -0.15) is 5.26 Å². The molecule has 3 atom stereocenters. The fraction of sp³-hybridized carbons (Fsp3) is 0.679. The van der Waals surface area contributed by atoms with Gasteiger partial charge in [0.1, 0.15) is 0 Å². The van der Waals surface area contributed by atoms with E-state index in [0.717, 1.165) is 49.8 Å². The molecule has 1 aromatic rings. The zero-order chi connectivity index (χ0) is 24.6. The molecule has 0 saturated heterocycles. The molecule has 3 unspecified atom stereocenters. The van der Waals surface area contributed by atoms with Crippen molar-refractivity contribution in [1.29, 1.82) is 10.7 Å². The van der Waals surface area contributed by atoms with Gasteiger partial charge in [0.05, 0.1) is 22.6 Å². The largest absolute Gasteiger partial charge is 0.388 e. The van der Waals surface area contributed by atoms with Gasteiger partial charge < -0.3 is 15.6 Å². The van der Waals surface area contributed by atoms with Gasteiger partial charge in [-0.1, -0.05) is 26.0 Å². The number of amides is 1. The smallest absolute Gasteiger partial charge is 0.234 e. The molecule has 0 aromatic heterocycles. The SMILES string of the molecule is CCC1(C#N)CC(C)CC(N(C(=O)C(C)(C)C(=N)c2c(NC)cccc2C2CC2)C(C)C)C1. The summed E-state index contributed by atoms with van der Waals surface area (Å²) < 4.78 is 0. The van der Waals surface area contributed by atoms with E-state index in [-0.39, 0.29) is 23.4 Å². The molecule has 1 aromatic carbocycles. The Kier molecular flexibility index (Phi) is 7.27. The van der Waals surface area contributed by atoms with E-state index < -0.39 is 5.41 Å². The summed E-state index contributed by atoms with van der Waals surface area (Å²) in [5.41, 5.74) is 2.04. The summed E-state index contributed by atoms with van der Waals surface area (Å²) in [6.07, 6.45) is 5.63. The van der Waals surface area contributed by atoms with Crippen LogP contribution in [0.1, 0.15) is 97.1 Å². The van der Waals surface area contributed by atoms with E-state index in [0.29, 0.717) is 17.5 Å². The average molecular weight is 451 g/mol. The van der Waals surface area contributed by atoms with Crippen molar-refractivity contribution in [1.82, 2.24) is 4.90 Å². The van der Waals surface area contributed by atoms with Crippen molar-refractivity contribution in [3.8, 4) is 6.07 Å². The minimum atomic E-state index is -0.969. The molecule has 0 heterocycles. The second kappa shape index (κ2) is 9.49. The Bertz CT molecular complexity index is 940. The van der Waals surface area contributed by atoms with Gasteiger partial charge in [-0.15, -0.1) is 0 Å². The normalized spacial score (nSPS) is 25.4. The Hall–Kier alpha value is -2.35. The maximum Gasteiger partial charge on any atom is 0.234 e. The maximum atomic E-state index is 14.2. The van der Waals surface area contributed by atoms with Gasteiger partial charge in [-0.05, 0) is 89.7 Å². The van der Waals surface area contributed by atoms with Crippen molar-refractivity contribution < 1.29 is 4.79 Å². The number of nitrogens with zero attached hydrogens (tertiary/aromatic N) is 2. The molecule has 2 N–H and O–H groups in total. The third-order valence-corrected chi connectivity index (χ3v) is 7.93. The Morgan fingerprint density at radius 2 is 2.00 bits per heavy atom. The number of nitriles is 1. The molecule has 0 aliphatic heterocycles. The monoisotopic (exact) mass is 450 g/mol. The quantitative estimate of drug-likeness (QED) is 0.453. The number of carbonyl (C=O) groups is 1. The van der Waals surface area contributed by atoms with Gasteiger partial charge in [0, 0.05) is 30.4 Å². The minimum absolute atomic E-state index is 0.00260. The lowest BCUT2D eigenvalue weighted by Crippen LogP contribution is -2.55. The van der Waals surface area contributed by atoms with Crippen LogP contribution in [0.3, 0.4) is 0 Å². The number of nitrogens with one attached hydrogen (secondary N) is 2. The third kappa shape index (κ3) is 4.81. The first-order valence-corrected chi connectivity index (χ1v) is 12.6. The molecule has 0 spiro atoms. The molecule has 3 rings (SSSR count). The van der Waals surface area contributed by atoms with Crippen molar-refractivity contribution >= 4 is 17.3 Å². The maximum absolute atomic E-state index is 14.2. The van der Waals surface area contributed by atoms with Crippen molar-refractivity contribution in [2.45, 2.75) is 98.1 Å². The number of carbonyl (C=O) groups excluding carboxylic acids is 1. The molecule has 5 heteroatoms. The molecule has 180 valence electrons. The highest BCUT2D eigenvalue weighted by Crippen LogP contribution is 2.46. The predicted octanol–water partition coefficient (Wildman–Crippen LogP) is 6.35. The molecule has 33 heavy (non-hydrogen) atoms. The number of anilines is 1. The highest BCUT2D eigenvalue weighted by atomic mass is 16.2. The van der Waals surface area contributed by atoms with Gasteiger partial charge in [0.2, 0.25) is 5.91 Å². The van der Waals surface area contributed by atoms with E-state index in [4.69, 9.17) is 0 Å². The molecule has 0 radical (unpaired) electrons. The van der Waals surface area contributed by atoms with Crippen LogP contribution in [0.4, 0.5) is 5.69 Å². The van der Waals surface area contributed by atoms with Crippen LogP contribution in [0.5, 0.6) is 0 Å². The molecule has 2 saturated carbocycles. The summed E-state index contributed by atoms with van der Waals surface area (Å²) in [6.45, 7) is 12.2. The van der Waals surface area contributed by atoms with E-state index in [2.05, 4.69) is 45.1 Å². The van der Waals surface area contributed by atoms with Crippen molar-refractivity contribution in [2.75, 3.05) is 12.4 Å². The zero-order valence-corrected chi connectivity index (χ0v) is 21.6. The topological polar surface area (TPSA) is 80.0 Å². The zero-order valence-electron chi connectivity index (χ0n) is 21.6. The van der Waals surface area contributed by atoms with Crippen LogP contribution < -0.4 is 5.32 Å². The molecular formula is C28H42N4O. The lowest BCUT2D eigenvalue weighted by Gasteiger charge is -2.47. The van der Waals surface area contributed by atoms with Gasteiger partial charge >= 0.3 is 0 Å². The standard InChI is InChI=1S/C28H42N4O/c1-8-28(17-29)15-19(4)14-21(16-28)32(18(2)3)26(33)27(5,6)25(30)24-22(20-12-13-20)10-9-11-23(24)31-7/h9-11,18-21,30-31H,8,12-16H2,1-7H3. The Balaban J connectivity index is 1.98. The lowest BCUT2D eigenvalue weighted by atomic mass is 9.66. The van der Waals surface area contributed by atoms with Crippen molar-refractivity contribution in [2.24, 2.45) is 16.7 Å². The van der Waals surface area contributed by atoms with E-state index in [1.165, 1.54) is 5.56 Å². The van der Waals surface area contributed by atoms with E-state index in [1.54, 1.807) is 0 Å². The van der Waals surface area contributed by atoms with Crippen LogP contribution in [-0.4, -0.2) is 35.7 Å². The first kappa shape index (κ1) is 25.3. The van der Waals surface area contributed by atoms with E-state index >= 15 is 0 Å². The molecule has 1 amide bonds. The van der Waals surface area contributed by atoms with Crippen LogP contribution in [-0.2, 0) is 4.79 Å². The highest BCUT2D eigenvalue weighted by molar-refractivity contribution is 6.17. The molecule has 2 fully saturated rings. The van der Waals surface area contributed by atoms with Crippen molar-refractivity contribution in [3.05, 3.63) is 29.3 Å². The summed E-state index contributed by atoms with van der Waals surface area (Å²) in [4.78, 5) is 16.2. The van der Waals surface area contributed by atoms with Crippen LogP contribution >= 0.6 is 0 Å². The first-order valence-electron chi connectivity index (χ1n) is 12.6. The summed E-state index contributed by atoms with van der Waals surface area (Å²) in [5, 5.41) is 22.5. The fourth-order valence-electron chi connectivity index (χ4n) is 5.86. The molecule has 5 nitrogen and oxygen atoms in total. The van der Waals surface area contributed by atoms with Crippen LogP contribution in [0.15, 0.2) is 18.2 Å². The minimum Gasteiger partial charge on any atom is -0.388 e. The summed E-state index contributed by atoms with van der Waals surface area (Å²) in [5.74, 6) is 0.879. The molecule has 2 aliphatic carbocycles. The van der Waals surface area contributed by atoms with Gasteiger partial charge in [0.15, 0.2) is 0 Å². The number of benzene rings is 1. The van der Waals surface area contributed by atoms with Crippen molar-refractivity contribution in [3.63, 3.8) is 0 Å². The number of hydrogen-bond donors (Lipinski definition) is 2.